The van der Waals surface area contributed by atoms with Crippen LogP contribution in [0.3, 0.4) is 0 Å². The van der Waals surface area contributed by atoms with Crippen molar-refractivity contribution < 1.29 is 28.9 Å². The van der Waals surface area contributed by atoms with Crippen LogP contribution >= 0.6 is 0 Å². The number of hydrogen-bond acceptors (Lipinski definition) is 5. The van der Waals surface area contributed by atoms with Crippen molar-refractivity contribution in [2.24, 2.45) is 5.92 Å². The Morgan fingerprint density at radius 1 is 1.03 bits per heavy atom. The summed E-state index contributed by atoms with van der Waals surface area (Å²) in [4.78, 5) is 11.3. The van der Waals surface area contributed by atoms with Crippen molar-refractivity contribution >= 4 is 5.91 Å². The summed E-state index contributed by atoms with van der Waals surface area (Å²) in [7, 11) is 0. The first-order valence-corrected chi connectivity index (χ1v) is 11.7. The van der Waals surface area contributed by atoms with E-state index < -0.39 is 24.6 Å². The highest BCUT2D eigenvalue weighted by molar-refractivity contribution is 5.73. The van der Waals surface area contributed by atoms with Crippen molar-refractivity contribution in [1.82, 2.24) is 5.32 Å². The summed E-state index contributed by atoms with van der Waals surface area (Å²) < 4.78 is 26.1. The Labute approximate surface area is 204 Å². The number of halogens is 1. The minimum atomic E-state index is -1.25. The highest BCUT2D eigenvalue weighted by atomic mass is 19.1. The first-order chi connectivity index (χ1) is 16.8. The van der Waals surface area contributed by atoms with Gasteiger partial charge in [-0.1, -0.05) is 55.5 Å². The van der Waals surface area contributed by atoms with Crippen molar-refractivity contribution in [3.8, 4) is 16.9 Å². The fourth-order valence-corrected chi connectivity index (χ4v) is 4.40. The second-order valence-electron chi connectivity index (χ2n) is 8.86. The number of carbonyl (C=O) groups excluding carboxylic acids is 1. The van der Waals surface area contributed by atoms with Crippen molar-refractivity contribution in [3.05, 3.63) is 89.7 Å². The van der Waals surface area contributed by atoms with E-state index in [0.29, 0.717) is 24.3 Å². The molecule has 1 aliphatic heterocycles. The molecule has 3 aromatic rings. The molecule has 3 aromatic carbocycles. The van der Waals surface area contributed by atoms with E-state index in [1.165, 1.54) is 19.1 Å². The molecule has 1 heterocycles. The van der Waals surface area contributed by atoms with E-state index in [2.05, 4.69) is 5.32 Å². The summed E-state index contributed by atoms with van der Waals surface area (Å²) in [6.07, 6.45) is -3.31. The minimum absolute atomic E-state index is 0.124. The molecule has 184 valence electrons. The van der Waals surface area contributed by atoms with Crippen LogP contribution in [0.15, 0.2) is 72.8 Å². The van der Waals surface area contributed by atoms with E-state index in [0.717, 1.165) is 16.7 Å². The number of nitrogens with one attached hydrogen (secondary N) is 1. The van der Waals surface area contributed by atoms with E-state index in [-0.39, 0.29) is 17.6 Å². The summed E-state index contributed by atoms with van der Waals surface area (Å²) in [6.45, 7) is 3.72. The number of amides is 1. The summed E-state index contributed by atoms with van der Waals surface area (Å²) >= 11 is 0. The SMILES string of the molecule is CC(=O)NCCc1ccc(O[C@@H]2O[C@@H](c3ccccc3)[C@H](C)[C@@H](O)[C@H]2O)cc1-c1cccc(F)c1. The Bertz CT molecular complexity index is 1160. The summed E-state index contributed by atoms with van der Waals surface area (Å²) in [5.41, 5.74) is 3.19. The molecule has 0 saturated carbocycles. The fourth-order valence-electron chi connectivity index (χ4n) is 4.40. The van der Waals surface area contributed by atoms with Crippen LogP contribution < -0.4 is 10.1 Å². The molecule has 1 aliphatic rings. The topological polar surface area (TPSA) is 88.0 Å². The van der Waals surface area contributed by atoms with Crippen LogP contribution in [0.2, 0.25) is 0 Å². The number of aliphatic hydroxyl groups is 2. The van der Waals surface area contributed by atoms with Crippen LogP contribution in [0, 0.1) is 11.7 Å². The second kappa shape index (κ2) is 11.0. The molecule has 0 radical (unpaired) electrons. The molecule has 1 fully saturated rings. The van der Waals surface area contributed by atoms with Gasteiger partial charge in [-0.3, -0.25) is 4.79 Å². The highest BCUT2D eigenvalue weighted by Gasteiger charge is 2.44. The number of carbonyl (C=O) groups is 1. The monoisotopic (exact) mass is 479 g/mol. The minimum Gasteiger partial charge on any atom is -0.462 e. The van der Waals surface area contributed by atoms with E-state index in [4.69, 9.17) is 9.47 Å². The smallest absolute Gasteiger partial charge is 0.229 e. The Hall–Kier alpha value is -3.26. The third kappa shape index (κ3) is 5.88. The van der Waals surface area contributed by atoms with Crippen LogP contribution in [0.1, 0.15) is 31.1 Å². The van der Waals surface area contributed by atoms with Gasteiger partial charge in [-0.25, -0.2) is 4.39 Å². The molecule has 35 heavy (non-hydrogen) atoms. The number of rotatable bonds is 7. The molecule has 1 saturated heterocycles. The highest BCUT2D eigenvalue weighted by Crippen LogP contribution is 2.38. The average molecular weight is 480 g/mol. The van der Waals surface area contributed by atoms with Gasteiger partial charge in [0.2, 0.25) is 12.2 Å². The fraction of sp³-hybridized carbons (Fsp3) is 0.321. The molecule has 0 unspecified atom stereocenters. The number of ether oxygens (including phenoxy) is 2. The summed E-state index contributed by atoms with van der Waals surface area (Å²) in [6, 6.07) is 21.1. The third-order valence-corrected chi connectivity index (χ3v) is 6.29. The van der Waals surface area contributed by atoms with Crippen LogP contribution in [-0.2, 0) is 16.0 Å². The summed E-state index contributed by atoms with van der Waals surface area (Å²) in [5, 5.41) is 24.2. The number of benzene rings is 3. The van der Waals surface area contributed by atoms with E-state index >= 15 is 0 Å². The molecule has 6 nitrogen and oxygen atoms in total. The lowest BCUT2D eigenvalue weighted by Crippen LogP contribution is -2.52. The maximum Gasteiger partial charge on any atom is 0.229 e. The van der Waals surface area contributed by atoms with Crippen LogP contribution in [0.4, 0.5) is 4.39 Å². The third-order valence-electron chi connectivity index (χ3n) is 6.29. The maximum atomic E-state index is 14.0. The van der Waals surface area contributed by atoms with Crippen molar-refractivity contribution in [2.45, 2.75) is 44.9 Å². The Morgan fingerprint density at radius 3 is 2.51 bits per heavy atom. The van der Waals surface area contributed by atoms with Gasteiger partial charge < -0.3 is 25.0 Å². The van der Waals surface area contributed by atoms with Gasteiger partial charge in [-0.05, 0) is 52.9 Å². The molecule has 7 heteroatoms. The molecule has 3 N–H and O–H groups in total. The molecule has 5 atom stereocenters. The van der Waals surface area contributed by atoms with E-state index in [9.17, 15) is 19.4 Å². The molecule has 0 bridgehead atoms. The quantitative estimate of drug-likeness (QED) is 0.477. The molecule has 1 amide bonds. The molecular formula is C28H30FNO5. The lowest BCUT2D eigenvalue weighted by Gasteiger charge is -2.41. The zero-order chi connectivity index (χ0) is 24.9. The second-order valence-corrected chi connectivity index (χ2v) is 8.86. The molecule has 4 rings (SSSR count). The predicted molar refractivity (Wildman–Crippen MR) is 130 cm³/mol. The van der Waals surface area contributed by atoms with E-state index in [1.807, 2.05) is 43.3 Å². The van der Waals surface area contributed by atoms with Gasteiger partial charge >= 0.3 is 0 Å². The largest absolute Gasteiger partial charge is 0.462 e. The van der Waals surface area contributed by atoms with Crippen molar-refractivity contribution in [1.29, 1.82) is 0 Å². The Morgan fingerprint density at radius 2 is 1.80 bits per heavy atom. The van der Waals surface area contributed by atoms with Crippen LogP contribution in [-0.4, -0.2) is 41.2 Å². The summed E-state index contributed by atoms with van der Waals surface area (Å²) in [5.74, 6) is -0.423. The lowest BCUT2D eigenvalue weighted by molar-refractivity contribution is -0.258. The zero-order valence-electron chi connectivity index (χ0n) is 19.7. The molecular weight excluding hydrogens is 449 g/mol. The van der Waals surface area contributed by atoms with Gasteiger partial charge in [0.1, 0.15) is 17.7 Å². The standard InChI is InChI=1S/C28H30FNO5/c1-17-25(32)26(33)28(35-27(17)20-7-4-3-5-8-20)34-23-12-11-19(13-14-30-18(2)31)24(16-23)21-9-6-10-22(29)15-21/h3-12,15-17,25-28,32-33H,13-14H2,1-2H3,(H,30,31)/t17-,25-,26-,27-,28-/m1/s1. The van der Waals surface area contributed by atoms with Gasteiger partial charge in [0.05, 0.1) is 12.2 Å². The van der Waals surface area contributed by atoms with E-state index in [1.54, 1.807) is 24.3 Å². The van der Waals surface area contributed by atoms with Crippen LogP contribution in [0.5, 0.6) is 5.75 Å². The van der Waals surface area contributed by atoms with Gasteiger partial charge in [-0.15, -0.1) is 0 Å². The number of aliphatic hydroxyl groups excluding tert-OH is 2. The molecule has 0 aromatic heterocycles. The normalized spacial score (nSPS) is 24.1. The van der Waals surface area contributed by atoms with Crippen molar-refractivity contribution in [2.75, 3.05) is 6.54 Å². The van der Waals surface area contributed by atoms with Gasteiger partial charge in [0.15, 0.2) is 0 Å². The van der Waals surface area contributed by atoms with Crippen molar-refractivity contribution in [3.63, 3.8) is 0 Å². The van der Waals surface area contributed by atoms with Gasteiger partial charge in [0.25, 0.3) is 0 Å². The predicted octanol–water partition coefficient (Wildman–Crippen LogP) is 4.01. The maximum absolute atomic E-state index is 14.0. The van der Waals surface area contributed by atoms with Gasteiger partial charge in [0, 0.05) is 19.4 Å². The average Bonchev–Trinajstić information content (AvgIpc) is 2.85. The molecule has 0 aliphatic carbocycles. The van der Waals surface area contributed by atoms with Crippen LogP contribution in [0.25, 0.3) is 11.1 Å². The Balaban J connectivity index is 1.61. The Kier molecular flexibility index (Phi) is 7.80. The molecule has 0 spiro atoms. The van der Waals surface area contributed by atoms with Gasteiger partial charge in [-0.2, -0.15) is 0 Å². The number of hydrogen-bond donors (Lipinski definition) is 3. The first kappa shape index (κ1) is 24.9. The lowest BCUT2D eigenvalue weighted by atomic mass is 9.87. The first-order valence-electron chi connectivity index (χ1n) is 11.7. The zero-order valence-corrected chi connectivity index (χ0v) is 19.7.